The van der Waals surface area contributed by atoms with Gasteiger partial charge in [0.05, 0.1) is 6.61 Å². The van der Waals surface area contributed by atoms with E-state index >= 15 is 0 Å². The van der Waals surface area contributed by atoms with Crippen LogP contribution in [0.15, 0.2) is 48.5 Å². The number of amides is 1. The van der Waals surface area contributed by atoms with Crippen LogP contribution in [0, 0.1) is 0 Å². The van der Waals surface area contributed by atoms with Crippen molar-refractivity contribution in [2.45, 2.75) is 45.1 Å². The molecule has 3 nitrogen and oxygen atoms in total. The Labute approximate surface area is 160 Å². The van der Waals surface area contributed by atoms with E-state index in [1.54, 1.807) is 0 Å². The molecule has 1 saturated heterocycles. The van der Waals surface area contributed by atoms with Crippen molar-refractivity contribution in [3.05, 3.63) is 64.7 Å². The second-order valence-electron chi connectivity index (χ2n) is 6.72. The van der Waals surface area contributed by atoms with Gasteiger partial charge in [0.2, 0.25) is 5.91 Å². The van der Waals surface area contributed by atoms with Gasteiger partial charge in [0.15, 0.2) is 0 Å². The first-order valence-corrected chi connectivity index (χ1v) is 9.80. The summed E-state index contributed by atoms with van der Waals surface area (Å²) in [7, 11) is 0. The Bertz CT molecular complexity index is 746. The summed E-state index contributed by atoms with van der Waals surface area (Å²) in [5, 5.41) is 0.789. The number of nitrogens with zero attached hydrogens (tertiary/aromatic N) is 1. The van der Waals surface area contributed by atoms with Crippen LogP contribution in [0.1, 0.15) is 37.3 Å². The number of likely N-dealkylation sites (tertiary alicyclic amines) is 1. The Morgan fingerprint density at radius 2 is 1.88 bits per heavy atom. The third-order valence-corrected chi connectivity index (χ3v) is 5.36. The zero-order valence-electron chi connectivity index (χ0n) is 15.3. The highest BCUT2D eigenvalue weighted by Gasteiger charge is 2.28. The average molecular weight is 372 g/mol. The summed E-state index contributed by atoms with van der Waals surface area (Å²) >= 11 is 6.30. The molecule has 1 heterocycles. The molecule has 1 atom stereocenters. The zero-order valence-corrected chi connectivity index (χ0v) is 16.0. The quantitative estimate of drug-likeness (QED) is 0.692. The van der Waals surface area contributed by atoms with E-state index in [9.17, 15) is 4.79 Å². The predicted molar refractivity (Wildman–Crippen MR) is 106 cm³/mol. The lowest BCUT2D eigenvalue weighted by atomic mass is 10.0. The van der Waals surface area contributed by atoms with Crippen molar-refractivity contribution in [1.29, 1.82) is 0 Å². The van der Waals surface area contributed by atoms with Crippen LogP contribution in [0.2, 0.25) is 5.02 Å². The summed E-state index contributed by atoms with van der Waals surface area (Å²) in [6.07, 6.45) is 4.18. The molecule has 1 unspecified atom stereocenters. The molecule has 0 radical (unpaired) electrons. The van der Waals surface area contributed by atoms with E-state index in [1.165, 1.54) is 0 Å². The van der Waals surface area contributed by atoms with Gasteiger partial charge in [-0.15, -0.1) is 0 Å². The zero-order chi connectivity index (χ0) is 18.4. The predicted octanol–water partition coefficient (Wildman–Crippen LogP) is 4.91. The Balaban J connectivity index is 1.61. The molecule has 0 saturated carbocycles. The molecule has 1 fully saturated rings. The van der Waals surface area contributed by atoms with Crippen molar-refractivity contribution in [2.75, 3.05) is 13.2 Å². The Morgan fingerprint density at radius 1 is 1.15 bits per heavy atom. The molecule has 0 N–H and O–H groups in total. The topological polar surface area (TPSA) is 29.5 Å². The van der Waals surface area contributed by atoms with Gasteiger partial charge in [-0.05, 0) is 55.9 Å². The van der Waals surface area contributed by atoms with E-state index in [-0.39, 0.29) is 11.9 Å². The van der Waals surface area contributed by atoms with Crippen molar-refractivity contribution in [3.8, 4) is 5.75 Å². The number of para-hydroxylation sites is 1. The molecule has 138 valence electrons. The molecule has 1 aliphatic rings. The van der Waals surface area contributed by atoms with Gasteiger partial charge in [-0.2, -0.15) is 0 Å². The average Bonchev–Trinajstić information content (AvgIpc) is 3.11. The number of rotatable bonds is 7. The number of carbonyl (C=O) groups is 1. The first-order valence-electron chi connectivity index (χ1n) is 9.42. The minimum absolute atomic E-state index is 0.228. The van der Waals surface area contributed by atoms with Crippen LogP contribution in [0.5, 0.6) is 5.75 Å². The SMILES string of the molecule is CCOc1ccccc1CCC(=O)N1CCCC1Cc1ccccc1Cl. The monoisotopic (exact) mass is 371 g/mol. The molecule has 4 heteroatoms. The van der Waals surface area contributed by atoms with E-state index in [4.69, 9.17) is 16.3 Å². The molecule has 2 aromatic rings. The summed E-state index contributed by atoms with van der Waals surface area (Å²) in [5.41, 5.74) is 2.23. The van der Waals surface area contributed by atoms with Crippen molar-refractivity contribution in [1.82, 2.24) is 4.90 Å². The Hall–Kier alpha value is -2.00. The number of hydrogen-bond acceptors (Lipinski definition) is 2. The largest absolute Gasteiger partial charge is 0.494 e. The van der Waals surface area contributed by atoms with Crippen LogP contribution in [0.4, 0.5) is 0 Å². The van der Waals surface area contributed by atoms with E-state index in [2.05, 4.69) is 6.07 Å². The molecule has 0 bridgehead atoms. The maximum absolute atomic E-state index is 12.8. The fourth-order valence-corrected chi connectivity index (χ4v) is 3.90. The van der Waals surface area contributed by atoms with Gasteiger partial charge in [0, 0.05) is 24.0 Å². The first kappa shape index (κ1) is 18.8. The summed E-state index contributed by atoms with van der Waals surface area (Å²) in [6.45, 7) is 3.46. The van der Waals surface area contributed by atoms with Crippen LogP contribution in [0.3, 0.4) is 0 Å². The molecule has 0 aromatic heterocycles. The minimum Gasteiger partial charge on any atom is -0.494 e. The van der Waals surface area contributed by atoms with Gasteiger partial charge in [0.25, 0.3) is 0 Å². The fraction of sp³-hybridized carbons (Fsp3) is 0.409. The summed E-state index contributed by atoms with van der Waals surface area (Å²) in [5.74, 6) is 1.11. The lowest BCUT2D eigenvalue weighted by Crippen LogP contribution is -2.37. The second-order valence-corrected chi connectivity index (χ2v) is 7.13. The number of ether oxygens (including phenoxy) is 1. The van der Waals surface area contributed by atoms with Gasteiger partial charge in [-0.1, -0.05) is 48.0 Å². The second kappa shape index (κ2) is 9.09. The molecule has 26 heavy (non-hydrogen) atoms. The van der Waals surface area contributed by atoms with Crippen molar-refractivity contribution in [2.24, 2.45) is 0 Å². The Morgan fingerprint density at radius 3 is 2.65 bits per heavy atom. The van der Waals surface area contributed by atoms with Gasteiger partial charge < -0.3 is 9.64 Å². The molecule has 1 aliphatic heterocycles. The molecule has 0 aliphatic carbocycles. The summed E-state index contributed by atoms with van der Waals surface area (Å²) in [6, 6.07) is 16.2. The highest BCUT2D eigenvalue weighted by molar-refractivity contribution is 6.31. The van der Waals surface area contributed by atoms with Gasteiger partial charge in [0.1, 0.15) is 5.75 Å². The molecular formula is C22H26ClNO2. The number of carbonyl (C=O) groups excluding carboxylic acids is 1. The van der Waals surface area contributed by atoms with Crippen LogP contribution in [-0.2, 0) is 17.6 Å². The lowest BCUT2D eigenvalue weighted by molar-refractivity contribution is -0.131. The highest BCUT2D eigenvalue weighted by atomic mass is 35.5. The van der Waals surface area contributed by atoms with E-state index in [0.717, 1.165) is 47.7 Å². The Kier molecular flexibility index (Phi) is 6.56. The molecule has 1 amide bonds. The highest BCUT2D eigenvalue weighted by Crippen LogP contribution is 2.26. The molecule has 0 spiro atoms. The summed E-state index contributed by atoms with van der Waals surface area (Å²) < 4.78 is 5.67. The van der Waals surface area contributed by atoms with Gasteiger partial charge in [-0.3, -0.25) is 4.79 Å². The third kappa shape index (κ3) is 4.59. The molecule has 2 aromatic carbocycles. The third-order valence-electron chi connectivity index (χ3n) is 4.99. The van der Waals surface area contributed by atoms with Crippen LogP contribution in [0.25, 0.3) is 0 Å². The maximum Gasteiger partial charge on any atom is 0.223 e. The van der Waals surface area contributed by atoms with Gasteiger partial charge >= 0.3 is 0 Å². The van der Waals surface area contributed by atoms with Gasteiger partial charge in [-0.25, -0.2) is 0 Å². The van der Waals surface area contributed by atoms with Crippen LogP contribution < -0.4 is 4.74 Å². The number of benzene rings is 2. The maximum atomic E-state index is 12.8. The van der Waals surface area contributed by atoms with E-state index in [1.807, 2.05) is 54.3 Å². The summed E-state index contributed by atoms with van der Waals surface area (Å²) in [4.78, 5) is 14.9. The molecule has 3 rings (SSSR count). The number of hydrogen-bond donors (Lipinski definition) is 0. The number of halogens is 1. The van der Waals surface area contributed by atoms with Crippen LogP contribution in [-0.4, -0.2) is 30.0 Å². The van der Waals surface area contributed by atoms with Crippen molar-refractivity contribution in [3.63, 3.8) is 0 Å². The van der Waals surface area contributed by atoms with Crippen molar-refractivity contribution >= 4 is 17.5 Å². The first-order chi connectivity index (χ1) is 12.7. The fourth-order valence-electron chi connectivity index (χ4n) is 3.69. The van der Waals surface area contributed by atoms with Crippen molar-refractivity contribution < 1.29 is 9.53 Å². The smallest absolute Gasteiger partial charge is 0.223 e. The normalized spacial score (nSPS) is 16.7. The molecular weight excluding hydrogens is 346 g/mol. The number of aryl methyl sites for hydroxylation is 1. The van der Waals surface area contributed by atoms with E-state index in [0.29, 0.717) is 19.4 Å². The van der Waals surface area contributed by atoms with E-state index < -0.39 is 0 Å². The minimum atomic E-state index is 0.228. The standard InChI is InChI=1S/C22H26ClNO2/c1-2-26-21-12-6-4-8-17(21)13-14-22(25)24-15-7-10-19(24)16-18-9-3-5-11-20(18)23/h3-6,8-9,11-12,19H,2,7,10,13-16H2,1H3. The van der Waals surface area contributed by atoms with Crippen LogP contribution >= 0.6 is 11.6 Å². The lowest BCUT2D eigenvalue weighted by Gasteiger charge is -2.25.